The fraction of sp³-hybridized carbons (Fsp3) is 0.600. The molecule has 0 bridgehead atoms. The van der Waals surface area contributed by atoms with Gasteiger partial charge in [-0.2, -0.15) is 0 Å². The number of rotatable bonds is 5. The van der Waals surface area contributed by atoms with E-state index in [0.29, 0.717) is 0 Å². The summed E-state index contributed by atoms with van der Waals surface area (Å²) in [7, 11) is 0. The van der Waals surface area contributed by atoms with E-state index in [4.69, 9.17) is 0 Å². The maximum Gasteiger partial charge on any atom is -0.0279 e. The van der Waals surface area contributed by atoms with Crippen LogP contribution in [0.15, 0.2) is 36.5 Å². The summed E-state index contributed by atoms with van der Waals surface area (Å²) in [4.78, 5) is 0. The zero-order valence-corrected chi connectivity index (χ0v) is 11.7. The molecule has 0 aromatic heterocycles. The van der Waals surface area contributed by atoms with E-state index in [1.54, 1.807) is 0 Å². The van der Waals surface area contributed by atoms with Crippen molar-refractivity contribution in [2.24, 2.45) is 0 Å². The highest BCUT2D eigenvalue weighted by atomic mass is 14.0. The van der Waals surface area contributed by atoms with Gasteiger partial charge in [-0.3, -0.25) is 0 Å². The minimum atomic E-state index is 1.06. The van der Waals surface area contributed by atoms with Gasteiger partial charge in [0.15, 0.2) is 0 Å². The van der Waals surface area contributed by atoms with Gasteiger partial charge in [0.25, 0.3) is 0 Å². The van der Waals surface area contributed by atoms with Crippen molar-refractivity contribution in [1.29, 1.82) is 0 Å². The van der Waals surface area contributed by atoms with E-state index in [2.05, 4.69) is 27.0 Å². The van der Waals surface area contributed by atoms with Crippen LogP contribution in [0.1, 0.15) is 60.8 Å². The lowest BCUT2D eigenvalue weighted by atomic mass is 10.0. The Morgan fingerprint density at radius 1 is 0.867 bits per heavy atom. The second-order valence-electron chi connectivity index (χ2n) is 2.56. The van der Waals surface area contributed by atoms with Gasteiger partial charge in [-0.1, -0.05) is 73.3 Å². The van der Waals surface area contributed by atoms with Gasteiger partial charge in [0, 0.05) is 0 Å². The molecule has 0 saturated carbocycles. The van der Waals surface area contributed by atoms with Crippen LogP contribution >= 0.6 is 0 Å². The summed E-state index contributed by atoms with van der Waals surface area (Å²) in [5.41, 5.74) is 2.69. The molecule has 0 aliphatic carbocycles. The Hall–Kier alpha value is -0.780. The monoisotopic (exact) mass is 210 g/mol. The van der Waals surface area contributed by atoms with Crippen molar-refractivity contribution >= 4 is 0 Å². The van der Waals surface area contributed by atoms with Crippen molar-refractivity contribution in [3.8, 4) is 0 Å². The lowest BCUT2D eigenvalue weighted by Crippen LogP contribution is -1.84. The van der Waals surface area contributed by atoms with Crippen LogP contribution in [0.25, 0.3) is 0 Å². The molecule has 0 heterocycles. The molecule has 0 aliphatic heterocycles. The molecule has 0 N–H and O–H groups in total. The van der Waals surface area contributed by atoms with Crippen molar-refractivity contribution in [2.75, 3.05) is 0 Å². The highest BCUT2D eigenvalue weighted by Crippen LogP contribution is 2.15. The van der Waals surface area contributed by atoms with Crippen LogP contribution in [0.4, 0.5) is 0 Å². The molecule has 0 rings (SSSR count). The number of hydrogen-bond acceptors (Lipinski definition) is 0. The van der Waals surface area contributed by atoms with E-state index in [0.717, 1.165) is 12.8 Å². The Balaban J connectivity index is -0.000000318. The fourth-order valence-corrected chi connectivity index (χ4v) is 1.17. The summed E-state index contributed by atoms with van der Waals surface area (Å²) in [6, 6.07) is 0. The van der Waals surface area contributed by atoms with Gasteiger partial charge < -0.3 is 0 Å². The SMILES string of the molecule is C=C/C(CC)=C(\C=C)CCC.CC.CC. The molecular formula is C15H30. The van der Waals surface area contributed by atoms with E-state index < -0.39 is 0 Å². The molecule has 0 spiro atoms. The van der Waals surface area contributed by atoms with Crippen molar-refractivity contribution < 1.29 is 0 Å². The summed E-state index contributed by atoms with van der Waals surface area (Å²) < 4.78 is 0. The fourth-order valence-electron chi connectivity index (χ4n) is 1.17. The van der Waals surface area contributed by atoms with Crippen LogP contribution in [-0.2, 0) is 0 Å². The molecule has 90 valence electrons. The summed E-state index contributed by atoms with van der Waals surface area (Å²) in [5.74, 6) is 0. The third kappa shape index (κ3) is 11.1. The lowest BCUT2D eigenvalue weighted by molar-refractivity contribution is 0.907. The highest BCUT2D eigenvalue weighted by molar-refractivity contribution is 5.30. The Bertz CT molecular complexity index is 161. The van der Waals surface area contributed by atoms with Crippen LogP contribution in [0.3, 0.4) is 0 Å². The van der Waals surface area contributed by atoms with Crippen LogP contribution in [0, 0.1) is 0 Å². The van der Waals surface area contributed by atoms with Crippen molar-refractivity contribution in [2.45, 2.75) is 60.8 Å². The predicted octanol–water partition coefficient (Wildman–Crippen LogP) is 5.92. The number of allylic oxidation sites excluding steroid dienone is 4. The minimum absolute atomic E-state index is 1.06. The number of hydrogen-bond donors (Lipinski definition) is 0. The Morgan fingerprint density at radius 3 is 1.47 bits per heavy atom. The van der Waals surface area contributed by atoms with E-state index in [1.807, 2.05) is 39.8 Å². The van der Waals surface area contributed by atoms with Crippen LogP contribution < -0.4 is 0 Å². The molecule has 15 heavy (non-hydrogen) atoms. The Kier molecular flexibility index (Phi) is 24.9. The first kappa shape index (κ1) is 19.7. The van der Waals surface area contributed by atoms with Crippen molar-refractivity contribution in [3.63, 3.8) is 0 Å². The standard InChI is InChI=1S/C11H18.2C2H6/c1-5-9-11(8-4)10(6-2)7-3;2*1-2/h6,8H,2,4-5,7,9H2,1,3H3;2*1-2H3/b11-10-;;. The van der Waals surface area contributed by atoms with Crippen LogP contribution in [0.2, 0.25) is 0 Å². The normalized spacial score (nSPS) is 9.73. The third-order valence-corrected chi connectivity index (χ3v) is 1.81. The summed E-state index contributed by atoms with van der Waals surface area (Å²) in [5, 5.41) is 0. The molecule has 0 radical (unpaired) electrons. The van der Waals surface area contributed by atoms with Gasteiger partial charge in [0.2, 0.25) is 0 Å². The van der Waals surface area contributed by atoms with Gasteiger partial charge in [-0.05, 0) is 24.0 Å². The highest BCUT2D eigenvalue weighted by Gasteiger charge is 1.95. The quantitative estimate of drug-likeness (QED) is 0.494. The molecule has 0 saturated heterocycles. The molecule has 0 aromatic rings. The largest absolute Gasteiger partial charge is 0.0988 e. The smallest absolute Gasteiger partial charge is 0.0279 e. The molecule has 0 aliphatic rings. The van der Waals surface area contributed by atoms with Crippen molar-refractivity contribution in [1.82, 2.24) is 0 Å². The molecule has 0 heteroatoms. The van der Waals surface area contributed by atoms with E-state index in [-0.39, 0.29) is 0 Å². The van der Waals surface area contributed by atoms with Gasteiger partial charge in [0.1, 0.15) is 0 Å². The summed E-state index contributed by atoms with van der Waals surface area (Å²) >= 11 is 0. The first-order chi connectivity index (χ1) is 7.29. The maximum absolute atomic E-state index is 3.79. The zero-order chi connectivity index (χ0) is 12.7. The average molecular weight is 210 g/mol. The topological polar surface area (TPSA) is 0 Å². The Morgan fingerprint density at radius 2 is 1.27 bits per heavy atom. The third-order valence-electron chi connectivity index (χ3n) is 1.81. The zero-order valence-electron chi connectivity index (χ0n) is 11.7. The van der Waals surface area contributed by atoms with Crippen LogP contribution in [0.5, 0.6) is 0 Å². The van der Waals surface area contributed by atoms with Crippen molar-refractivity contribution in [3.05, 3.63) is 36.5 Å². The van der Waals surface area contributed by atoms with Gasteiger partial charge in [-0.25, -0.2) is 0 Å². The van der Waals surface area contributed by atoms with E-state index in [9.17, 15) is 0 Å². The average Bonchev–Trinajstić information content (AvgIpc) is 2.34. The maximum atomic E-state index is 3.79. The molecule has 0 amide bonds. The molecule has 0 atom stereocenters. The first-order valence-electron chi connectivity index (χ1n) is 6.27. The summed E-state index contributed by atoms with van der Waals surface area (Å²) in [6.45, 7) is 19.9. The predicted molar refractivity (Wildman–Crippen MR) is 75.3 cm³/mol. The second-order valence-corrected chi connectivity index (χ2v) is 2.56. The summed E-state index contributed by atoms with van der Waals surface area (Å²) in [6.07, 6.45) is 7.25. The van der Waals surface area contributed by atoms with Gasteiger partial charge in [0.05, 0.1) is 0 Å². The van der Waals surface area contributed by atoms with Gasteiger partial charge >= 0.3 is 0 Å². The van der Waals surface area contributed by atoms with E-state index in [1.165, 1.54) is 17.6 Å². The minimum Gasteiger partial charge on any atom is -0.0988 e. The molecule has 0 nitrogen and oxygen atoms in total. The second kappa shape index (κ2) is 18.9. The molecule has 0 fully saturated rings. The van der Waals surface area contributed by atoms with Gasteiger partial charge in [-0.15, -0.1) is 0 Å². The molecule has 0 unspecified atom stereocenters. The Labute approximate surface area is 97.8 Å². The van der Waals surface area contributed by atoms with E-state index >= 15 is 0 Å². The first-order valence-corrected chi connectivity index (χ1v) is 6.27. The lowest BCUT2D eigenvalue weighted by Gasteiger charge is -2.04. The molecule has 0 aromatic carbocycles. The molecular weight excluding hydrogens is 180 g/mol. The van der Waals surface area contributed by atoms with Crippen LogP contribution in [-0.4, -0.2) is 0 Å².